The molecule has 1 heterocycles. The van der Waals surface area contributed by atoms with Gasteiger partial charge in [0.15, 0.2) is 0 Å². The maximum atomic E-state index is 4.64. The quantitative estimate of drug-likeness (QED) is 0.725. The molecule has 0 spiro atoms. The number of para-hydroxylation sites is 1. The molecule has 0 saturated heterocycles. The van der Waals surface area contributed by atoms with Gasteiger partial charge < -0.3 is 5.32 Å². The standard InChI is InChI=1S/C16H15BrN2S/c1-11(12-6-8-13(17)9-7-12)18-10-16-19-14-4-2-3-5-15(14)20-16/h2-9,11,18H,10H2,1H3/t11-/m0/s1. The normalized spacial score (nSPS) is 12.7. The van der Waals surface area contributed by atoms with Crippen molar-refractivity contribution in [2.75, 3.05) is 0 Å². The lowest BCUT2D eigenvalue weighted by atomic mass is 10.1. The van der Waals surface area contributed by atoms with Crippen LogP contribution in [0, 0.1) is 0 Å². The van der Waals surface area contributed by atoms with E-state index in [4.69, 9.17) is 0 Å². The summed E-state index contributed by atoms with van der Waals surface area (Å²) >= 11 is 5.22. The fourth-order valence-corrected chi connectivity index (χ4v) is 3.29. The van der Waals surface area contributed by atoms with Crippen LogP contribution in [0.4, 0.5) is 0 Å². The summed E-state index contributed by atoms with van der Waals surface area (Å²) in [6, 6.07) is 17.0. The third-order valence-corrected chi connectivity index (χ3v) is 4.83. The first-order valence-electron chi connectivity index (χ1n) is 6.55. The molecule has 1 atom stereocenters. The summed E-state index contributed by atoms with van der Waals surface area (Å²) in [4.78, 5) is 4.64. The first-order valence-corrected chi connectivity index (χ1v) is 8.16. The van der Waals surface area contributed by atoms with Crippen molar-refractivity contribution in [2.24, 2.45) is 0 Å². The Morgan fingerprint density at radius 1 is 1.15 bits per heavy atom. The van der Waals surface area contributed by atoms with Crippen LogP contribution < -0.4 is 5.32 Å². The van der Waals surface area contributed by atoms with Gasteiger partial charge in [-0.3, -0.25) is 0 Å². The van der Waals surface area contributed by atoms with Crippen LogP contribution >= 0.6 is 27.3 Å². The molecule has 0 aliphatic rings. The molecule has 0 amide bonds. The largest absolute Gasteiger partial charge is 0.304 e. The Morgan fingerprint density at radius 2 is 1.90 bits per heavy atom. The zero-order valence-corrected chi connectivity index (χ0v) is 13.5. The van der Waals surface area contributed by atoms with Crippen molar-refractivity contribution in [1.29, 1.82) is 0 Å². The van der Waals surface area contributed by atoms with Gasteiger partial charge in [-0.05, 0) is 36.8 Å². The number of rotatable bonds is 4. The second kappa shape index (κ2) is 6.04. The van der Waals surface area contributed by atoms with Gasteiger partial charge >= 0.3 is 0 Å². The van der Waals surface area contributed by atoms with Crippen LogP contribution in [0.15, 0.2) is 53.0 Å². The lowest BCUT2D eigenvalue weighted by Gasteiger charge is -2.13. The molecule has 1 N–H and O–H groups in total. The van der Waals surface area contributed by atoms with Gasteiger partial charge in [-0.1, -0.05) is 40.2 Å². The highest BCUT2D eigenvalue weighted by atomic mass is 79.9. The molecular weight excluding hydrogens is 332 g/mol. The van der Waals surface area contributed by atoms with Crippen LogP contribution in [-0.4, -0.2) is 4.98 Å². The summed E-state index contributed by atoms with van der Waals surface area (Å²) in [5.41, 5.74) is 2.37. The first kappa shape index (κ1) is 13.7. The number of hydrogen-bond donors (Lipinski definition) is 1. The van der Waals surface area contributed by atoms with Crippen LogP contribution in [0.2, 0.25) is 0 Å². The number of halogens is 1. The van der Waals surface area contributed by atoms with E-state index in [-0.39, 0.29) is 0 Å². The predicted octanol–water partition coefficient (Wildman–Crippen LogP) is 4.91. The average Bonchev–Trinajstić information content (AvgIpc) is 2.88. The van der Waals surface area contributed by atoms with Gasteiger partial charge in [0.2, 0.25) is 0 Å². The molecule has 1 aromatic heterocycles. The lowest BCUT2D eigenvalue weighted by Crippen LogP contribution is -2.17. The van der Waals surface area contributed by atoms with E-state index in [2.05, 4.69) is 75.6 Å². The summed E-state index contributed by atoms with van der Waals surface area (Å²) in [7, 11) is 0. The molecule has 2 aromatic carbocycles. The zero-order valence-electron chi connectivity index (χ0n) is 11.1. The van der Waals surface area contributed by atoms with Gasteiger partial charge in [0, 0.05) is 17.1 Å². The highest BCUT2D eigenvalue weighted by molar-refractivity contribution is 9.10. The minimum absolute atomic E-state index is 0.315. The SMILES string of the molecule is C[C@H](NCc1nc2ccccc2s1)c1ccc(Br)cc1. The van der Waals surface area contributed by atoms with E-state index in [1.807, 2.05) is 6.07 Å². The summed E-state index contributed by atoms with van der Waals surface area (Å²) in [5.74, 6) is 0. The molecule has 20 heavy (non-hydrogen) atoms. The molecule has 3 rings (SSSR count). The van der Waals surface area contributed by atoms with Crippen molar-refractivity contribution < 1.29 is 0 Å². The molecule has 0 aliphatic heterocycles. The number of nitrogens with zero attached hydrogens (tertiary/aromatic N) is 1. The van der Waals surface area contributed by atoms with Gasteiger partial charge in [-0.2, -0.15) is 0 Å². The number of benzene rings is 2. The van der Waals surface area contributed by atoms with E-state index in [9.17, 15) is 0 Å². The Kier molecular flexibility index (Phi) is 4.15. The first-order chi connectivity index (χ1) is 9.72. The lowest BCUT2D eigenvalue weighted by molar-refractivity contribution is 0.573. The third-order valence-electron chi connectivity index (χ3n) is 3.27. The van der Waals surface area contributed by atoms with Gasteiger partial charge in [0.05, 0.1) is 10.2 Å². The Morgan fingerprint density at radius 3 is 2.65 bits per heavy atom. The van der Waals surface area contributed by atoms with Crippen molar-refractivity contribution in [1.82, 2.24) is 10.3 Å². The number of fused-ring (bicyclic) bond motifs is 1. The molecule has 0 saturated carbocycles. The third kappa shape index (κ3) is 3.08. The summed E-state index contributed by atoms with van der Waals surface area (Å²) in [6.45, 7) is 2.98. The van der Waals surface area contributed by atoms with Crippen LogP contribution in [0.1, 0.15) is 23.5 Å². The van der Waals surface area contributed by atoms with Crippen molar-refractivity contribution >= 4 is 37.5 Å². The van der Waals surface area contributed by atoms with Gasteiger partial charge in [-0.15, -0.1) is 11.3 Å². The van der Waals surface area contributed by atoms with Crippen LogP contribution in [0.5, 0.6) is 0 Å². The zero-order chi connectivity index (χ0) is 13.9. The van der Waals surface area contributed by atoms with Crippen LogP contribution in [0.25, 0.3) is 10.2 Å². The molecular formula is C16H15BrN2S. The Labute approximate surface area is 131 Å². The van der Waals surface area contributed by atoms with Crippen molar-refractivity contribution in [3.63, 3.8) is 0 Å². The predicted molar refractivity (Wildman–Crippen MR) is 89.0 cm³/mol. The number of aromatic nitrogens is 1. The highest BCUT2D eigenvalue weighted by Gasteiger charge is 2.07. The van der Waals surface area contributed by atoms with E-state index >= 15 is 0 Å². The maximum absolute atomic E-state index is 4.64. The van der Waals surface area contributed by atoms with Crippen LogP contribution in [0.3, 0.4) is 0 Å². The Bertz CT molecular complexity index is 673. The summed E-state index contributed by atoms with van der Waals surface area (Å²) in [5, 5.41) is 4.66. The minimum atomic E-state index is 0.315. The minimum Gasteiger partial charge on any atom is -0.304 e. The molecule has 0 unspecified atom stereocenters. The molecule has 0 fully saturated rings. The van der Waals surface area contributed by atoms with Crippen molar-refractivity contribution in [3.05, 3.63) is 63.6 Å². The smallest absolute Gasteiger partial charge is 0.108 e. The monoisotopic (exact) mass is 346 g/mol. The molecule has 0 bridgehead atoms. The van der Waals surface area contributed by atoms with E-state index < -0.39 is 0 Å². The molecule has 102 valence electrons. The number of hydrogen-bond acceptors (Lipinski definition) is 3. The van der Waals surface area contributed by atoms with Crippen molar-refractivity contribution in [3.8, 4) is 0 Å². The number of thiazole rings is 1. The molecule has 2 nitrogen and oxygen atoms in total. The fraction of sp³-hybridized carbons (Fsp3) is 0.188. The van der Waals surface area contributed by atoms with Crippen molar-refractivity contribution in [2.45, 2.75) is 19.5 Å². The molecule has 4 heteroatoms. The van der Waals surface area contributed by atoms with Gasteiger partial charge in [-0.25, -0.2) is 4.98 Å². The maximum Gasteiger partial charge on any atom is 0.108 e. The molecule has 3 aromatic rings. The van der Waals surface area contributed by atoms with E-state index in [1.165, 1.54) is 10.3 Å². The summed E-state index contributed by atoms with van der Waals surface area (Å²) < 4.78 is 2.36. The second-order valence-electron chi connectivity index (χ2n) is 4.73. The Balaban J connectivity index is 1.68. The van der Waals surface area contributed by atoms with Gasteiger partial charge in [0.25, 0.3) is 0 Å². The van der Waals surface area contributed by atoms with Crippen LogP contribution in [-0.2, 0) is 6.54 Å². The fourth-order valence-electron chi connectivity index (χ4n) is 2.11. The molecule has 0 radical (unpaired) electrons. The van der Waals surface area contributed by atoms with E-state index in [1.54, 1.807) is 11.3 Å². The molecule has 0 aliphatic carbocycles. The highest BCUT2D eigenvalue weighted by Crippen LogP contribution is 2.22. The number of nitrogens with one attached hydrogen (secondary N) is 1. The van der Waals surface area contributed by atoms with E-state index in [0.717, 1.165) is 21.5 Å². The topological polar surface area (TPSA) is 24.9 Å². The summed E-state index contributed by atoms with van der Waals surface area (Å²) in [6.07, 6.45) is 0. The average molecular weight is 347 g/mol. The second-order valence-corrected chi connectivity index (χ2v) is 6.76. The van der Waals surface area contributed by atoms with E-state index in [0.29, 0.717) is 6.04 Å². The Hall–Kier alpha value is -1.23. The van der Waals surface area contributed by atoms with Gasteiger partial charge in [0.1, 0.15) is 5.01 Å².